The van der Waals surface area contributed by atoms with Gasteiger partial charge >= 0.3 is 0 Å². The van der Waals surface area contributed by atoms with Gasteiger partial charge in [0.25, 0.3) is 0 Å². The Morgan fingerprint density at radius 2 is 1.68 bits per heavy atom. The van der Waals surface area contributed by atoms with Crippen molar-refractivity contribution in [2.75, 3.05) is 11.9 Å². The van der Waals surface area contributed by atoms with Gasteiger partial charge in [0.15, 0.2) is 0 Å². The van der Waals surface area contributed by atoms with Crippen molar-refractivity contribution in [1.29, 1.82) is 0 Å². The molecule has 0 aliphatic carbocycles. The van der Waals surface area contributed by atoms with Gasteiger partial charge in [-0.05, 0) is 30.2 Å². The molecular weight excluding hydrogens is 241 g/mol. The van der Waals surface area contributed by atoms with Crippen molar-refractivity contribution < 1.29 is 4.39 Å². The van der Waals surface area contributed by atoms with E-state index in [-0.39, 0.29) is 11.2 Å². The normalized spacial score (nSPS) is 11.4. The second-order valence-electron chi connectivity index (χ2n) is 5.33. The van der Waals surface area contributed by atoms with Crippen LogP contribution in [-0.2, 0) is 5.41 Å². The number of hydrogen-bond donors (Lipinski definition) is 1. The molecule has 0 aliphatic heterocycles. The number of halogens is 1. The molecule has 0 unspecified atom stereocenters. The standard InChI is InChI=1S/C15H18FN3/c1-11-8-17-14(18-9-11)19-10-15(2,3)12-4-6-13(16)7-5-12/h4-9H,10H2,1-3H3,(H,17,18,19). The summed E-state index contributed by atoms with van der Waals surface area (Å²) in [6, 6.07) is 6.60. The Kier molecular flexibility index (Phi) is 3.79. The van der Waals surface area contributed by atoms with Gasteiger partial charge in [0, 0.05) is 24.4 Å². The fraction of sp³-hybridized carbons (Fsp3) is 0.333. The summed E-state index contributed by atoms with van der Waals surface area (Å²) in [6.07, 6.45) is 3.56. The van der Waals surface area contributed by atoms with Crippen LogP contribution in [0.3, 0.4) is 0 Å². The number of rotatable bonds is 4. The van der Waals surface area contributed by atoms with Crippen LogP contribution in [0.15, 0.2) is 36.7 Å². The molecule has 0 spiro atoms. The summed E-state index contributed by atoms with van der Waals surface area (Å²) in [5.74, 6) is 0.398. The predicted molar refractivity (Wildman–Crippen MR) is 74.7 cm³/mol. The van der Waals surface area contributed by atoms with Crippen molar-refractivity contribution in [2.45, 2.75) is 26.2 Å². The number of anilines is 1. The largest absolute Gasteiger partial charge is 0.353 e. The van der Waals surface area contributed by atoms with Crippen molar-refractivity contribution in [3.63, 3.8) is 0 Å². The zero-order chi connectivity index (χ0) is 13.9. The van der Waals surface area contributed by atoms with E-state index in [4.69, 9.17) is 0 Å². The van der Waals surface area contributed by atoms with Crippen LogP contribution in [0.4, 0.5) is 10.3 Å². The van der Waals surface area contributed by atoms with E-state index < -0.39 is 0 Å². The Morgan fingerprint density at radius 3 is 2.26 bits per heavy atom. The SMILES string of the molecule is Cc1cnc(NCC(C)(C)c2ccc(F)cc2)nc1. The molecule has 0 saturated heterocycles. The molecule has 0 radical (unpaired) electrons. The topological polar surface area (TPSA) is 37.8 Å². The minimum Gasteiger partial charge on any atom is -0.353 e. The molecule has 0 aliphatic rings. The highest BCUT2D eigenvalue weighted by atomic mass is 19.1. The summed E-state index contributed by atoms with van der Waals surface area (Å²) in [5, 5.41) is 3.21. The third kappa shape index (κ3) is 3.50. The van der Waals surface area contributed by atoms with E-state index in [2.05, 4.69) is 29.1 Å². The quantitative estimate of drug-likeness (QED) is 0.915. The second kappa shape index (κ2) is 5.34. The Labute approximate surface area is 112 Å². The molecule has 1 heterocycles. The number of aromatic nitrogens is 2. The summed E-state index contributed by atoms with van der Waals surface area (Å²) >= 11 is 0. The molecule has 1 N–H and O–H groups in total. The summed E-state index contributed by atoms with van der Waals surface area (Å²) in [4.78, 5) is 8.41. The molecule has 0 atom stereocenters. The lowest BCUT2D eigenvalue weighted by molar-refractivity contribution is 0.551. The van der Waals surface area contributed by atoms with Gasteiger partial charge in [0.05, 0.1) is 0 Å². The van der Waals surface area contributed by atoms with Gasteiger partial charge in [0.2, 0.25) is 5.95 Å². The van der Waals surface area contributed by atoms with Crippen LogP contribution >= 0.6 is 0 Å². The summed E-state index contributed by atoms with van der Waals surface area (Å²) < 4.78 is 12.9. The minimum absolute atomic E-state index is 0.123. The van der Waals surface area contributed by atoms with Crippen LogP contribution in [0.2, 0.25) is 0 Å². The first-order valence-electron chi connectivity index (χ1n) is 6.26. The minimum atomic E-state index is -0.214. The van der Waals surface area contributed by atoms with Crippen LogP contribution in [-0.4, -0.2) is 16.5 Å². The average molecular weight is 259 g/mol. The number of benzene rings is 1. The van der Waals surface area contributed by atoms with Gasteiger partial charge in [0.1, 0.15) is 5.82 Å². The second-order valence-corrected chi connectivity index (χ2v) is 5.33. The first-order valence-corrected chi connectivity index (χ1v) is 6.26. The lowest BCUT2D eigenvalue weighted by atomic mass is 9.84. The van der Waals surface area contributed by atoms with E-state index in [1.54, 1.807) is 12.4 Å². The van der Waals surface area contributed by atoms with E-state index in [0.717, 1.165) is 11.1 Å². The lowest BCUT2D eigenvalue weighted by Crippen LogP contribution is -2.28. The van der Waals surface area contributed by atoms with Crippen LogP contribution in [0, 0.1) is 12.7 Å². The van der Waals surface area contributed by atoms with Crippen molar-refractivity contribution in [3.8, 4) is 0 Å². The molecule has 3 nitrogen and oxygen atoms in total. The Hall–Kier alpha value is -1.97. The van der Waals surface area contributed by atoms with E-state index in [1.165, 1.54) is 12.1 Å². The molecule has 0 saturated carbocycles. The van der Waals surface area contributed by atoms with E-state index in [1.807, 2.05) is 19.1 Å². The van der Waals surface area contributed by atoms with Crippen LogP contribution in [0.5, 0.6) is 0 Å². The lowest BCUT2D eigenvalue weighted by Gasteiger charge is -2.25. The Morgan fingerprint density at radius 1 is 1.11 bits per heavy atom. The maximum absolute atomic E-state index is 12.9. The van der Waals surface area contributed by atoms with E-state index in [9.17, 15) is 4.39 Å². The zero-order valence-corrected chi connectivity index (χ0v) is 11.4. The smallest absolute Gasteiger partial charge is 0.222 e. The van der Waals surface area contributed by atoms with Gasteiger partial charge < -0.3 is 5.32 Å². The van der Waals surface area contributed by atoms with Crippen LogP contribution < -0.4 is 5.32 Å². The third-order valence-corrected chi connectivity index (χ3v) is 3.10. The predicted octanol–water partition coefficient (Wildman–Crippen LogP) is 3.31. The zero-order valence-electron chi connectivity index (χ0n) is 11.4. The molecule has 2 aromatic rings. The molecule has 100 valence electrons. The molecule has 0 fully saturated rings. The first-order chi connectivity index (χ1) is 8.97. The fourth-order valence-electron chi connectivity index (χ4n) is 1.79. The Bertz CT molecular complexity index is 532. The molecule has 1 aromatic carbocycles. The molecule has 1 aromatic heterocycles. The monoisotopic (exact) mass is 259 g/mol. The van der Waals surface area contributed by atoms with Crippen LogP contribution in [0.1, 0.15) is 25.0 Å². The van der Waals surface area contributed by atoms with E-state index >= 15 is 0 Å². The van der Waals surface area contributed by atoms with Gasteiger partial charge in [-0.3, -0.25) is 0 Å². The molecule has 2 rings (SSSR count). The average Bonchev–Trinajstić information content (AvgIpc) is 2.39. The van der Waals surface area contributed by atoms with Crippen molar-refractivity contribution in [1.82, 2.24) is 9.97 Å². The maximum atomic E-state index is 12.9. The fourth-order valence-corrected chi connectivity index (χ4v) is 1.79. The molecule has 0 amide bonds. The molecular formula is C15H18FN3. The first kappa shape index (κ1) is 13.5. The molecule has 0 bridgehead atoms. The molecule has 19 heavy (non-hydrogen) atoms. The maximum Gasteiger partial charge on any atom is 0.222 e. The van der Waals surface area contributed by atoms with Crippen molar-refractivity contribution >= 4 is 5.95 Å². The third-order valence-electron chi connectivity index (χ3n) is 3.10. The number of hydrogen-bond acceptors (Lipinski definition) is 3. The van der Waals surface area contributed by atoms with Crippen LogP contribution in [0.25, 0.3) is 0 Å². The summed E-state index contributed by atoms with van der Waals surface area (Å²) in [7, 11) is 0. The summed E-state index contributed by atoms with van der Waals surface area (Å²) in [5.41, 5.74) is 1.99. The van der Waals surface area contributed by atoms with Gasteiger partial charge in [-0.15, -0.1) is 0 Å². The highest BCUT2D eigenvalue weighted by Crippen LogP contribution is 2.23. The number of nitrogens with zero attached hydrogens (tertiary/aromatic N) is 2. The highest BCUT2D eigenvalue weighted by molar-refractivity contribution is 5.30. The summed E-state index contributed by atoms with van der Waals surface area (Å²) in [6.45, 7) is 6.83. The number of aryl methyl sites for hydroxylation is 1. The highest BCUT2D eigenvalue weighted by Gasteiger charge is 2.20. The number of nitrogens with one attached hydrogen (secondary N) is 1. The van der Waals surface area contributed by atoms with Gasteiger partial charge in [-0.1, -0.05) is 26.0 Å². The van der Waals surface area contributed by atoms with Crippen molar-refractivity contribution in [3.05, 3.63) is 53.6 Å². The molecule has 4 heteroatoms. The van der Waals surface area contributed by atoms with Gasteiger partial charge in [-0.25, -0.2) is 14.4 Å². The van der Waals surface area contributed by atoms with Gasteiger partial charge in [-0.2, -0.15) is 0 Å². The van der Waals surface area contributed by atoms with E-state index in [0.29, 0.717) is 12.5 Å². The Balaban J connectivity index is 2.04. The van der Waals surface area contributed by atoms with Crippen molar-refractivity contribution in [2.24, 2.45) is 0 Å².